The summed E-state index contributed by atoms with van der Waals surface area (Å²) in [5, 5.41) is 2.88. The lowest BCUT2D eigenvalue weighted by atomic mass is 10.0. The average Bonchev–Trinajstić information content (AvgIpc) is 2.63. The van der Waals surface area contributed by atoms with Crippen molar-refractivity contribution in [3.05, 3.63) is 24.3 Å². The lowest BCUT2D eigenvalue weighted by molar-refractivity contribution is -0.118. The SMILES string of the molecule is CCC1CCCCN1CC(=O)Nc1ccc(S(=O)(=O)N(CC)CC)cc1. The third kappa shape index (κ3) is 5.05. The van der Waals surface area contributed by atoms with E-state index in [-0.39, 0.29) is 10.8 Å². The first-order valence-electron chi connectivity index (χ1n) is 9.56. The average molecular weight is 382 g/mol. The molecule has 2 rings (SSSR count). The molecule has 1 heterocycles. The molecule has 0 bridgehead atoms. The van der Waals surface area contributed by atoms with Gasteiger partial charge in [-0.15, -0.1) is 0 Å². The van der Waals surface area contributed by atoms with E-state index in [0.29, 0.717) is 31.4 Å². The van der Waals surface area contributed by atoms with Gasteiger partial charge in [0, 0.05) is 24.8 Å². The van der Waals surface area contributed by atoms with Gasteiger partial charge in [0.15, 0.2) is 0 Å². The first-order chi connectivity index (χ1) is 12.4. The quantitative estimate of drug-likeness (QED) is 0.752. The highest BCUT2D eigenvalue weighted by Gasteiger charge is 2.23. The van der Waals surface area contributed by atoms with E-state index in [1.807, 2.05) is 13.8 Å². The van der Waals surface area contributed by atoms with Gasteiger partial charge in [-0.2, -0.15) is 4.31 Å². The highest BCUT2D eigenvalue weighted by Crippen LogP contribution is 2.20. The molecule has 26 heavy (non-hydrogen) atoms. The minimum Gasteiger partial charge on any atom is -0.325 e. The predicted molar refractivity (Wildman–Crippen MR) is 105 cm³/mol. The van der Waals surface area contributed by atoms with Crippen LogP contribution in [0.15, 0.2) is 29.2 Å². The Hall–Kier alpha value is -1.44. The molecule has 0 spiro atoms. The fraction of sp³-hybridized carbons (Fsp3) is 0.632. The van der Waals surface area contributed by atoms with Crippen LogP contribution >= 0.6 is 0 Å². The standard InChI is InChI=1S/C19H31N3O3S/c1-4-17-9-7-8-14-21(17)15-19(23)20-16-10-12-18(13-11-16)26(24,25)22(5-2)6-3/h10-13,17H,4-9,14-15H2,1-3H3,(H,20,23). The molecule has 146 valence electrons. The van der Waals surface area contributed by atoms with Gasteiger partial charge in [0.05, 0.1) is 11.4 Å². The Morgan fingerprint density at radius 2 is 1.81 bits per heavy atom. The first kappa shape index (κ1) is 20.9. The fourth-order valence-corrected chi connectivity index (χ4v) is 5.00. The molecule has 1 unspecified atom stereocenters. The molecule has 1 N–H and O–H groups in total. The van der Waals surface area contributed by atoms with Gasteiger partial charge in [0.25, 0.3) is 0 Å². The van der Waals surface area contributed by atoms with Gasteiger partial charge in [-0.25, -0.2) is 8.42 Å². The number of piperidine rings is 1. The number of benzene rings is 1. The third-order valence-corrected chi connectivity index (χ3v) is 7.11. The Morgan fingerprint density at radius 1 is 1.15 bits per heavy atom. The number of hydrogen-bond acceptors (Lipinski definition) is 4. The lowest BCUT2D eigenvalue weighted by Gasteiger charge is -2.34. The Balaban J connectivity index is 1.99. The smallest absolute Gasteiger partial charge is 0.243 e. The number of hydrogen-bond donors (Lipinski definition) is 1. The summed E-state index contributed by atoms with van der Waals surface area (Å²) in [6.45, 7) is 8.03. The number of nitrogens with one attached hydrogen (secondary N) is 1. The van der Waals surface area contributed by atoms with E-state index in [4.69, 9.17) is 0 Å². The Labute approximate surface area is 157 Å². The number of amides is 1. The van der Waals surface area contributed by atoms with Gasteiger partial charge in [-0.05, 0) is 50.1 Å². The predicted octanol–water partition coefficient (Wildman–Crippen LogP) is 2.92. The van der Waals surface area contributed by atoms with E-state index >= 15 is 0 Å². The maximum Gasteiger partial charge on any atom is 0.243 e. The molecule has 1 saturated heterocycles. The second kappa shape index (κ2) is 9.48. The highest BCUT2D eigenvalue weighted by atomic mass is 32.2. The van der Waals surface area contributed by atoms with Crippen molar-refractivity contribution in [3.63, 3.8) is 0 Å². The number of carbonyl (C=O) groups excluding carboxylic acids is 1. The van der Waals surface area contributed by atoms with Crippen LogP contribution in [0, 0.1) is 0 Å². The summed E-state index contributed by atoms with van der Waals surface area (Å²) < 4.78 is 26.4. The van der Waals surface area contributed by atoms with Gasteiger partial charge in [0.2, 0.25) is 15.9 Å². The van der Waals surface area contributed by atoms with Gasteiger partial charge in [-0.3, -0.25) is 9.69 Å². The summed E-state index contributed by atoms with van der Waals surface area (Å²) in [6.07, 6.45) is 4.59. The van der Waals surface area contributed by atoms with E-state index in [2.05, 4.69) is 17.1 Å². The Bertz CT molecular complexity index is 684. The minimum absolute atomic E-state index is 0.0512. The highest BCUT2D eigenvalue weighted by molar-refractivity contribution is 7.89. The van der Waals surface area contributed by atoms with Crippen LogP contribution < -0.4 is 5.32 Å². The Morgan fingerprint density at radius 3 is 2.38 bits per heavy atom. The first-order valence-corrected chi connectivity index (χ1v) is 11.0. The molecule has 1 atom stereocenters. The van der Waals surface area contributed by atoms with Crippen LogP contribution in [-0.2, 0) is 14.8 Å². The zero-order valence-electron chi connectivity index (χ0n) is 16.1. The molecule has 0 aromatic heterocycles. The molecule has 1 aliphatic rings. The van der Waals surface area contributed by atoms with Crippen LogP contribution in [0.25, 0.3) is 0 Å². The van der Waals surface area contributed by atoms with Gasteiger partial charge in [0.1, 0.15) is 0 Å². The van der Waals surface area contributed by atoms with Crippen molar-refractivity contribution in [1.29, 1.82) is 0 Å². The normalized spacial score (nSPS) is 18.8. The molecule has 1 aromatic carbocycles. The summed E-state index contributed by atoms with van der Waals surface area (Å²) in [6, 6.07) is 6.90. The van der Waals surface area contributed by atoms with Gasteiger partial charge >= 0.3 is 0 Å². The van der Waals surface area contributed by atoms with Crippen molar-refractivity contribution in [3.8, 4) is 0 Å². The van der Waals surface area contributed by atoms with Crippen molar-refractivity contribution in [2.24, 2.45) is 0 Å². The van der Waals surface area contributed by atoms with Crippen LogP contribution in [0.4, 0.5) is 5.69 Å². The van der Waals surface area contributed by atoms with E-state index in [0.717, 1.165) is 25.8 Å². The molecule has 1 amide bonds. The Kier molecular flexibility index (Phi) is 7.61. The molecule has 0 radical (unpaired) electrons. The van der Waals surface area contributed by atoms with Crippen LogP contribution in [0.5, 0.6) is 0 Å². The summed E-state index contributed by atoms with van der Waals surface area (Å²) in [5.41, 5.74) is 0.624. The summed E-state index contributed by atoms with van der Waals surface area (Å²) in [7, 11) is -3.47. The van der Waals surface area contributed by atoms with Crippen molar-refractivity contribution >= 4 is 21.6 Å². The summed E-state index contributed by atoms with van der Waals surface area (Å²) >= 11 is 0. The monoisotopic (exact) mass is 381 g/mol. The maximum absolute atomic E-state index is 12.5. The molecular weight excluding hydrogens is 350 g/mol. The summed E-state index contributed by atoms with van der Waals surface area (Å²) in [4.78, 5) is 14.8. The zero-order valence-corrected chi connectivity index (χ0v) is 16.9. The molecule has 0 saturated carbocycles. The van der Waals surface area contributed by atoms with Crippen LogP contribution in [-0.4, -0.2) is 55.8 Å². The molecule has 1 aromatic rings. The fourth-order valence-electron chi connectivity index (χ4n) is 3.54. The largest absolute Gasteiger partial charge is 0.325 e. The lowest BCUT2D eigenvalue weighted by Crippen LogP contribution is -2.43. The second-order valence-corrected chi connectivity index (χ2v) is 8.63. The van der Waals surface area contributed by atoms with Gasteiger partial charge < -0.3 is 5.32 Å². The maximum atomic E-state index is 12.5. The van der Waals surface area contributed by atoms with Crippen molar-refractivity contribution < 1.29 is 13.2 Å². The van der Waals surface area contributed by atoms with E-state index < -0.39 is 10.0 Å². The number of likely N-dealkylation sites (tertiary alicyclic amines) is 1. The molecule has 1 fully saturated rings. The number of carbonyl (C=O) groups is 1. The van der Waals surface area contributed by atoms with E-state index in [1.54, 1.807) is 24.3 Å². The zero-order chi connectivity index (χ0) is 19.2. The molecule has 6 nitrogen and oxygen atoms in total. The summed E-state index contributed by atoms with van der Waals surface area (Å²) in [5.74, 6) is -0.0512. The third-order valence-electron chi connectivity index (χ3n) is 5.05. The van der Waals surface area contributed by atoms with Crippen LogP contribution in [0.1, 0.15) is 46.5 Å². The van der Waals surface area contributed by atoms with Gasteiger partial charge in [-0.1, -0.05) is 27.2 Å². The number of nitrogens with zero attached hydrogens (tertiary/aromatic N) is 2. The second-order valence-electron chi connectivity index (χ2n) is 6.69. The van der Waals surface area contributed by atoms with Crippen molar-refractivity contribution in [1.82, 2.24) is 9.21 Å². The van der Waals surface area contributed by atoms with Crippen LogP contribution in [0.3, 0.4) is 0 Å². The number of sulfonamides is 1. The topological polar surface area (TPSA) is 69.7 Å². The minimum atomic E-state index is -3.47. The van der Waals surface area contributed by atoms with Crippen molar-refractivity contribution in [2.45, 2.75) is 57.4 Å². The molecule has 7 heteroatoms. The molecular formula is C19H31N3O3S. The molecule has 0 aliphatic carbocycles. The number of anilines is 1. The molecule has 1 aliphatic heterocycles. The van der Waals surface area contributed by atoms with Crippen molar-refractivity contribution in [2.75, 3.05) is 31.5 Å². The van der Waals surface area contributed by atoms with E-state index in [9.17, 15) is 13.2 Å². The van der Waals surface area contributed by atoms with Crippen LogP contribution in [0.2, 0.25) is 0 Å². The number of rotatable bonds is 8. The van der Waals surface area contributed by atoms with E-state index in [1.165, 1.54) is 10.7 Å².